The molecule has 34 heavy (non-hydrogen) atoms. The van der Waals surface area contributed by atoms with Crippen LogP contribution < -0.4 is 5.73 Å². The van der Waals surface area contributed by atoms with Gasteiger partial charge in [-0.3, -0.25) is 0 Å². The number of alkyl halides is 3. The first kappa shape index (κ1) is 24.6. The van der Waals surface area contributed by atoms with Gasteiger partial charge in [0.25, 0.3) is 5.89 Å². The molecule has 0 saturated heterocycles. The second-order valence-electron chi connectivity index (χ2n) is 7.59. The van der Waals surface area contributed by atoms with Gasteiger partial charge in [0.2, 0.25) is 5.82 Å². The molecule has 0 amide bonds. The number of fused-ring (bicyclic) bond motifs is 1. The molecule has 0 aliphatic heterocycles. The van der Waals surface area contributed by atoms with Crippen LogP contribution in [0.5, 0.6) is 0 Å². The number of likely N-dealkylation sites (N-methyl/N-ethyl adjacent to an activating group) is 1. The Kier molecular flexibility index (Phi) is 7.47. The summed E-state index contributed by atoms with van der Waals surface area (Å²) in [7, 11) is 4.14. The van der Waals surface area contributed by atoms with Gasteiger partial charge in [0.1, 0.15) is 5.82 Å². The number of benzene rings is 2. The smallest absolute Gasteiger partial charge is 0.475 e. The van der Waals surface area contributed by atoms with Crippen LogP contribution in [-0.2, 0) is 11.2 Å². The lowest BCUT2D eigenvalue weighted by Gasteiger charge is -2.09. The standard InChI is InChI=1S/C21H21N5O.C2HF3O2/c1-26(2)11-10-14-6-5-7-15(12-14)21-24-20(25-27-21)17-13-19(22)23-18-9-4-3-8-16(17)18;3-2(4,5)1(6)7/h3-9,12-13H,10-11H2,1-2H3,(H2,22,23);(H,6,7). The zero-order chi connectivity index (χ0) is 24.9. The lowest BCUT2D eigenvalue weighted by Crippen LogP contribution is -2.21. The minimum Gasteiger partial charge on any atom is -0.475 e. The Balaban J connectivity index is 0.000000406. The van der Waals surface area contributed by atoms with Gasteiger partial charge in [-0.25, -0.2) is 9.78 Å². The van der Waals surface area contributed by atoms with Crippen molar-refractivity contribution in [3.63, 3.8) is 0 Å². The van der Waals surface area contributed by atoms with Crippen molar-refractivity contribution in [2.24, 2.45) is 0 Å². The van der Waals surface area contributed by atoms with E-state index < -0.39 is 12.1 Å². The molecule has 8 nitrogen and oxygen atoms in total. The Bertz CT molecular complexity index is 1290. The number of carbonyl (C=O) groups is 1. The molecule has 2 heterocycles. The Morgan fingerprint density at radius 3 is 2.47 bits per heavy atom. The fourth-order valence-corrected chi connectivity index (χ4v) is 3.04. The zero-order valence-corrected chi connectivity index (χ0v) is 18.4. The Morgan fingerprint density at radius 1 is 1.09 bits per heavy atom. The summed E-state index contributed by atoms with van der Waals surface area (Å²) in [6.07, 6.45) is -4.12. The summed E-state index contributed by atoms with van der Waals surface area (Å²) in [5, 5.41) is 12.2. The predicted octanol–water partition coefficient (Wildman–Crippen LogP) is 4.27. The minimum atomic E-state index is -5.08. The maximum Gasteiger partial charge on any atom is 0.490 e. The molecule has 0 atom stereocenters. The minimum absolute atomic E-state index is 0.431. The first-order valence-electron chi connectivity index (χ1n) is 10.1. The molecule has 0 unspecified atom stereocenters. The van der Waals surface area contributed by atoms with Crippen LogP contribution in [0.1, 0.15) is 5.56 Å². The lowest BCUT2D eigenvalue weighted by atomic mass is 10.1. The number of anilines is 1. The number of nitrogen functional groups attached to an aromatic ring is 1. The Morgan fingerprint density at radius 2 is 1.79 bits per heavy atom. The number of rotatable bonds is 5. The van der Waals surface area contributed by atoms with Crippen LogP contribution in [0, 0.1) is 0 Å². The first-order chi connectivity index (χ1) is 16.0. The summed E-state index contributed by atoms with van der Waals surface area (Å²) in [4.78, 5) is 20.0. The number of hydrogen-bond donors (Lipinski definition) is 2. The fraction of sp³-hybridized carbons (Fsp3) is 0.217. The zero-order valence-electron chi connectivity index (χ0n) is 18.4. The van der Waals surface area contributed by atoms with Gasteiger partial charge in [-0.2, -0.15) is 18.2 Å². The first-order valence-corrected chi connectivity index (χ1v) is 10.1. The number of carboxylic acid groups (broad SMARTS) is 1. The van der Waals surface area contributed by atoms with Crippen molar-refractivity contribution in [3.05, 3.63) is 60.2 Å². The van der Waals surface area contributed by atoms with Crippen molar-refractivity contribution >= 4 is 22.7 Å². The second-order valence-corrected chi connectivity index (χ2v) is 7.59. The normalized spacial score (nSPS) is 11.4. The number of aromatic nitrogens is 3. The van der Waals surface area contributed by atoms with Gasteiger partial charge >= 0.3 is 12.1 Å². The SMILES string of the molecule is CN(C)CCc1cccc(-c2nc(-c3cc(N)nc4ccccc34)no2)c1.O=C(O)C(F)(F)F. The summed E-state index contributed by atoms with van der Waals surface area (Å²) in [6, 6.07) is 17.8. The Hall–Kier alpha value is -3.99. The number of nitrogens with zero attached hydrogens (tertiary/aromatic N) is 4. The molecule has 0 bridgehead atoms. The lowest BCUT2D eigenvalue weighted by molar-refractivity contribution is -0.192. The molecule has 2 aromatic carbocycles. The van der Waals surface area contributed by atoms with Gasteiger partial charge in [0, 0.05) is 23.1 Å². The average Bonchev–Trinajstić information content (AvgIpc) is 3.27. The van der Waals surface area contributed by atoms with E-state index >= 15 is 0 Å². The number of pyridine rings is 1. The molecule has 4 aromatic rings. The third kappa shape index (κ3) is 6.29. The number of para-hydroxylation sites is 1. The maximum atomic E-state index is 10.6. The van der Waals surface area contributed by atoms with Crippen molar-refractivity contribution in [1.29, 1.82) is 0 Å². The summed E-state index contributed by atoms with van der Waals surface area (Å²) in [6.45, 7) is 0.987. The van der Waals surface area contributed by atoms with Crippen LogP contribution >= 0.6 is 0 Å². The summed E-state index contributed by atoms with van der Waals surface area (Å²) < 4.78 is 37.3. The fourth-order valence-electron chi connectivity index (χ4n) is 3.04. The topological polar surface area (TPSA) is 118 Å². The van der Waals surface area contributed by atoms with E-state index in [1.54, 1.807) is 6.07 Å². The highest BCUT2D eigenvalue weighted by molar-refractivity contribution is 5.94. The van der Waals surface area contributed by atoms with Crippen LogP contribution in [0.25, 0.3) is 33.7 Å². The van der Waals surface area contributed by atoms with Gasteiger partial charge in [-0.15, -0.1) is 0 Å². The van der Waals surface area contributed by atoms with Crippen molar-refractivity contribution in [2.45, 2.75) is 12.6 Å². The van der Waals surface area contributed by atoms with Crippen molar-refractivity contribution in [2.75, 3.05) is 26.4 Å². The predicted molar refractivity (Wildman–Crippen MR) is 121 cm³/mol. The van der Waals surface area contributed by atoms with Crippen LogP contribution in [0.2, 0.25) is 0 Å². The molecular weight excluding hydrogens is 451 g/mol. The van der Waals surface area contributed by atoms with Crippen molar-refractivity contribution in [1.82, 2.24) is 20.0 Å². The molecule has 178 valence electrons. The van der Waals surface area contributed by atoms with Crippen LogP contribution in [0.3, 0.4) is 0 Å². The highest BCUT2D eigenvalue weighted by atomic mass is 19.4. The van der Waals surface area contributed by atoms with Crippen molar-refractivity contribution in [3.8, 4) is 22.8 Å². The van der Waals surface area contributed by atoms with Gasteiger partial charge in [-0.1, -0.05) is 35.5 Å². The van der Waals surface area contributed by atoms with Gasteiger partial charge in [0.15, 0.2) is 0 Å². The highest BCUT2D eigenvalue weighted by Gasteiger charge is 2.38. The third-order valence-electron chi connectivity index (χ3n) is 4.67. The van der Waals surface area contributed by atoms with Crippen LogP contribution in [0.4, 0.5) is 19.0 Å². The number of carboxylic acids is 1. The maximum absolute atomic E-state index is 10.6. The summed E-state index contributed by atoms with van der Waals surface area (Å²) in [5.41, 5.74) is 9.73. The van der Waals surface area contributed by atoms with Crippen molar-refractivity contribution < 1.29 is 27.6 Å². The third-order valence-corrected chi connectivity index (χ3v) is 4.67. The molecule has 0 spiro atoms. The number of nitrogens with two attached hydrogens (primary N) is 1. The van der Waals surface area contributed by atoms with E-state index in [0.29, 0.717) is 17.5 Å². The van der Waals surface area contributed by atoms with Gasteiger partial charge < -0.3 is 20.3 Å². The quantitative estimate of drug-likeness (QED) is 0.441. The molecule has 0 fully saturated rings. The molecule has 0 aliphatic rings. The monoisotopic (exact) mass is 473 g/mol. The van der Waals surface area contributed by atoms with Gasteiger partial charge in [-0.05, 0) is 50.3 Å². The van der Waals surface area contributed by atoms with E-state index in [2.05, 4.69) is 46.3 Å². The molecule has 0 radical (unpaired) electrons. The van der Waals surface area contributed by atoms with E-state index in [1.807, 2.05) is 36.4 Å². The van der Waals surface area contributed by atoms with E-state index in [0.717, 1.165) is 35.0 Å². The number of hydrogen-bond acceptors (Lipinski definition) is 7. The summed E-state index contributed by atoms with van der Waals surface area (Å²) in [5.74, 6) is -1.32. The molecule has 11 heteroatoms. The van der Waals surface area contributed by atoms with Gasteiger partial charge in [0.05, 0.1) is 5.52 Å². The molecule has 0 saturated carbocycles. The average molecular weight is 473 g/mol. The van der Waals surface area contributed by atoms with E-state index in [1.165, 1.54) is 5.56 Å². The largest absolute Gasteiger partial charge is 0.490 e. The molecule has 0 aliphatic carbocycles. The number of halogens is 3. The molecule has 3 N–H and O–H groups in total. The molecule has 2 aromatic heterocycles. The molecular formula is C23H22F3N5O3. The van der Waals surface area contributed by atoms with E-state index in [4.69, 9.17) is 20.2 Å². The van der Waals surface area contributed by atoms with E-state index in [9.17, 15) is 13.2 Å². The summed E-state index contributed by atoms with van der Waals surface area (Å²) >= 11 is 0. The van der Waals surface area contributed by atoms with Crippen LogP contribution in [0.15, 0.2) is 59.1 Å². The number of aliphatic carboxylic acids is 1. The highest BCUT2D eigenvalue weighted by Crippen LogP contribution is 2.29. The van der Waals surface area contributed by atoms with E-state index in [-0.39, 0.29) is 0 Å². The second kappa shape index (κ2) is 10.3. The van der Waals surface area contributed by atoms with Crippen LogP contribution in [-0.4, -0.2) is 57.9 Å². The molecule has 4 rings (SSSR count). The Labute approximate surface area is 192 Å².